The van der Waals surface area contributed by atoms with E-state index in [0.29, 0.717) is 25.3 Å². The number of hydrogen-bond donors (Lipinski definition) is 2. The largest absolute Gasteiger partial charge is 0.453 e. The lowest BCUT2D eigenvalue weighted by Crippen LogP contribution is -2.22. The fourth-order valence-corrected chi connectivity index (χ4v) is 2.15. The maximum atomic E-state index is 12.0. The second-order valence-electron chi connectivity index (χ2n) is 5.38. The van der Waals surface area contributed by atoms with Crippen molar-refractivity contribution < 1.29 is 18.7 Å². The van der Waals surface area contributed by atoms with Crippen LogP contribution in [-0.2, 0) is 22.7 Å². The Hall–Kier alpha value is -2.60. The lowest BCUT2D eigenvalue weighted by molar-refractivity contribution is -0.116. The van der Waals surface area contributed by atoms with Gasteiger partial charge in [0, 0.05) is 25.8 Å². The lowest BCUT2D eigenvalue weighted by Gasteiger charge is -2.07. The molecule has 0 saturated heterocycles. The Balaban J connectivity index is 1.85. The molecule has 128 valence electrons. The molecule has 6 heteroatoms. The maximum Gasteiger partial charge on any atom is 0.287 e. The monoisotopic (exact) mass is 330 g/mol. The van der Waals surface area contributed by atoms with Crippen LogP contribution in [0, 0.1) is 0 Å². The molecule has 2 aromatic rings. The van der Waals surface area contributed by atoms with Crippen molar-refractivity contribution in [3.63, 3.8) is 0 Å². The molecular weight excluding hydrogens is 308 g/mol. The Morgan fingerprint density at radius 2 is 1.88 bits per heavy atom. The first-order chi connectivity index (χ1) is 11.6. The molecule has 0 radical (unpaired) electrons. The Bertz CT molecular complexity index is 677. The minimum atomic E-state index is -0.280. The lowest BCUT2D eigenvalue weighted by atomic mass is 10.2. The van der Waals surface area contributed by atoms with Crippen molar-refractivity contribution in [2.75, 3.05) is 12.4 Å². The van der Waals surface area contributed by atoms with Crippen LogP contribution in [-0.4, -0.2) is 18.9 Å². The van der Waals surface area contributed by atoms with E-state index in [1.807, 2.05) is 31.2 Å². The van der Waals surface area contributed by atoms with Gasteiger partial charge in [-0.2, -0.15) is 0 Å². The molecule has 2 rings (SSSR count). The van der Waals surface area contributed by atoms with E-state index >= 15 is 0 Å². The van der Waals surface area contributed by atoms with Crippen LogP contribution in [0.4, 0.5) is 5.69 Å². The number of ether oxygens (including phenoxy) is 1. The molecule has 6 nitrogen and oxygen atoms in total. The van der Waals surface area contributed by atoms with Gasteiger partial charge in [-0.15, -0.1) is 0 Å². The smallest absolute Gasteiger partial charge is 0.287 e. The van der Waals surface area contributed by atoms with Crippen molar-refractivity contribution in [3.05, 3.63) is 53.5 Å². The molecular formula is C18H22N2O4. The van der Waals surface area contributed by atoms with E-state index in [9.17, 15) is 9.59 Å². The van der Waals surface area contributed by atoms with E-state index in [1.165, 1.54) is 0 Å². The molecule has 0 saturated carbocycles. The standard InChI is InChI=1S/C18H22N2O4/c1-3-4-17(21)20-14-7-5-13(6-8-14)11-19-18(22)16-10-9-15(24-16)12-23-2/h5-10H,3-4,11-12H2,1-2H3,(H,19,22)(H,20,21). The number of furan rings is 1. The fraction of sp³-hybridized carbons (Fsp3) is 0.333. The quantitative estimate of drug-likeness (QED) is 0.779. The summed E-state index contributed by atoms with van der Waals surface area (Å²) >= 11 is 0. The second-order valence-corrected chi connectivity index (χ2v) is 5.38. The molecule has 1 aromatic heterocycles. The first-order valence-electron chi connectivity index (χ1n) is 7.87. The summed E-state index contributed by atoms with van der Waals surface area (Å²) in [5.41, 5.74) is 1.68. The zero-order chi connectivity index (χ0) is 17.4. The van der Waals surface area contributed by atoms with Crippen molar-refractivity contribution in [3.8, 4) is 0 Å². The molecule has 0 aliphatic heterocycles. The fourth-order valence-electron chi connectivity index (χ4n) is 2.15. The number of anilines is 1. The van der Waals surface area contributed by atoms with Crippen molar-refractivity contribution >= 4 is 17.5 Å². The molecule has 0 fully saturated rings. The van der Waals surface area contributed by atoms with E-state index in [0.717, 1.165) is 17.7 Å². The van der Waals surface area contributed by atoms with Gasteiger partial charge in [0.15, 0.2) is 5.76 Å². The average molecular weight is 330 g/mol. The van der Waals surface area contributed by atoms with Crippen LogP contribution < -0.4 is 10.6 Å². The van der Waals surface area contributed by atoms with Crippen LogP contribution in [0.2, 0.25) is 0 Å². The van der Waals surface area contributed by atoms with Gasteiger partial charge in [-0.1, -0.05) is 19.1 Å². The molecule has 0 unspecified atom stereocenters. The number of hydrogen-bond acceptors (Lipinski definition) is 4. The number of carbonyl (C=O) groups is 2. The van der Waals surface area contributed by atoms with Gasteiger partial charge in [-0.05, 0) is 36.2 Å². The van der Waals surface area contributed by atoms with Crippen LogP contribution in [0.3, 0.4) is 0 Å². The number of rotatable bonds is 8. The van der Waals surface area contributed by atoms with Gasteiger partial charge in [0.2, 0.25) is 5.91 Å². The van der Waals surface area contributed by atoms with Crippen molar-refractivity contribution in [1.29, 1.82) is 0 Å². The molecule has 2 amide bonds. The van der Waals surface area contributed by atoms with Crippen molar-refractivity contribution in [2.24, 2.45) is 0 Å². The van der Waals surface area contributed by atoms with Crippen molar-refractivity contribution in [2.45, 2.75) is 32.9 Å². The Morgan fingerprint density at radius 3 is 2.54 bits per heavy atom. The number of amides is 2. The number of carbonyl (C=O) groups excluding carboxylic acids is 2. The summed E-state index contributed by atoms with van der Waals surface area (Å²) in [6.45, 7) is 2.67. The second kappa shape index (κ2) is 8.88. The van der Waals surface area contributed by atoms with Gasteiger partial charge in [0.25, 0.3) is 5.91 Å². The van der Waals surface area contributed by atoms with E-state index in [2.05, 4.69) is 10.6 Å². The molecule has 1 heterocycles. The zero-order valence-corrected chi connectivity index (χ0v) is 13.9. The highest BCUT2D eigenvalue weighted by molar-refractivity contribution is 5.91. The number of nitrogens with one attached hydrogen (secondary N) is 2. The van der Waals surface area contributed by atoms with Gasteiger partial charge < -0.3 is 19.8 Å². The Kier molecular flexibility index (Phi) is 6.57. The Morgan fingerprint density at radius 1 is 1.12 bits per heavy atom. The molecule has 0 bridgehead atoms. The van der Waals surface area contributed by atoms with E-state index in [-0.39, 0.29) is 17.6 Å². The predicted molar refractivity (Wildman–Crippen MR) is 90.6 cm³/mol. The van der Waals surface area contributed by atoms with E-state index in [4.69, 9.17) is 9.15 Å². The third-order valence-corrected chi connectivity index (χ3v) is 3.34. The Labute approximate surface area is 141 Å². The van der Waals surface area contributed by atoms with E-state index < -0.39 is 0 Å². The molecule has 1 aromatic carbocycles. The van der Waals surface area contributed by atoms with Gasteiger partial charge in [0.05, 0.1) is 0 Å². The third kappa shape index (κ3) is 5.24. The predicted octanol–water partition coefficient (Wildman–Crippen LogP) is 3.09. The van der Waals surface area contributed by atoms with Crippen LogP contribution in [0.15, 0.2) is 40.8 Å². The third-order valence-electron chi connectivity index (χ3n) is 3.34. The zero-order valence-electron chi connectivity index (χ0n) is 13.9. The molecule has 0 aliphatic rings. The maximum absolute atomic E-state index is 12.0. The van der Waals surface area contributed by atoms with Crippen LogP contribution in [0.25, 0.3) is 0 Å². The number of benzene rings is 1. The SMILES string of the molecule is CCCC(=O)Nc1ccc(CNC(=O)c2ccc(COC)o2)cc1. The first-order valence-corrected chi connectivity index (χ1v) is 7.87. The summed E-state index contributed by atoms with van der Waals surface area (Å²) in [6.07, 6.45) is 1.32. The van der Waals surface area contributed by atoms with Gasteiger partial charge >= 0.3 is 0 Å². The minimum Gasteiger partial charge on any atom is -0.453 e. The van der Waals surface area contributed by atoms with Crippen LogP contribution >= 0.6 is 0 Å². The highest BCUT2D eigenvalue weighted by Gasteiger charge is 2.10. The summed E-state index contributed by atoms with van der Waals surface area (Å²) in [5.74, 6) is 0.584. The summed E-state index contributed by atoms with van der Waals surface area (Å²) in [5, 5.41) is 5.61. The summed E-state index contributed by atoms with van der Waals surface area (Å²) in [7, 11) is 1.57. The molecule has 0 aliphatic carbocycles. The minimum absolute atomic E-state index is 0.00300. The average Bonchev–Trinajstić information content (AvgIpc) is 3.03. The molecule has 0 atom stereocenters. The molecule has 2 N–H and O–H groups in total. The van der Waals surface area contributed by atoms with Crippen LogP contribution in [0.1, 0.15) is 41.6 Å². The van der Waals surface area contributed by atoms with Gasteiger partial charge in [-0.3, -0.25) is 9.59 Å². The van der Waals surface area contributed by atoms with Crippen LogP contribution in [0.5, 0.6) is 0 Å². The van der Waals surface area contributed by atoms with Gasteiger partial charge in [0.1, 0.15) is 12.4 Å². The summed E-state index contributed by atoms with van der Waals surface area (Å²) in [6, 6.07) is 10.7. The first kappa shape index (κ1) is 17.7. The molecule has 24 heavy (non-hydrogen) atoms. The topological polar surface area (TPSA) is 80.6 Å². The van der Waals surface area contributed by atoms with Crippen molar-refractivity contribution in [1.82, 2.24) is 5.32 Å². The molecule has 0 spiro atoms. The number of methoxy groups -OCH3 is 1. The summed E-state index contributed by atoms with van der Waals surface area (Å²) in [4.78, 5) is 23.5. The highest BCUT2D eigenvalue weighted by atomic mass is 16.5. The highest BCUT2D eigenvalue weighted by Crippen LogP contribution is 2.12. The summed E-state index contributed by atoms with van der Waals surface area (Å²) < 4.78 is 10.3. The van der Waals surface area contributed by atoms with E-state index in [1.54, 1.807) is 19.2 Å². The normalized spacial score (nSPS) is 10.4. The van der Waals surface area contributed by atoms with Gasteiger partial charge in [-0.25, -0.2) is 0 Å².